The first-order valence-electron chi connectivity index (χ1n) is 6.70. The number of phosphoric ester groups is 1. The summed E-state index contributed by atoms with van der Waals surface area (Å²) in [6.07, 6.45) is 5.24. The molecule has 1 aliphatic heterocycles. The normalized spacial score (nSPS) is 31.0. The largest absolute Gasteiger partial charge is 0.469 e. The van der Waals surface area contributed by atoms with E-state index in [0.29, 0.717) is 6.42 Å². The lowest BCUT2D eigenvalue weighted by Gasteiger charge is -2.35. The highest BCUT2D eigenvalue weighted by Gasteiger charge is 2.41. The average molecular weight is 290 g/mol. The molecule has 0 spiro atoms. The molecular formula is C12H23N2O4P. The molecule has 0 aromatic rings. The smallest absolute Gasteiger partial charge is 0.387 e. The number of hydrogen-bond donors (Lipinski definition) is 3. The van der Waals surface area contributed by atoms with Gasteiger partial charge in [0.1, 0.15) is 0 Å². The van der Waals surface area contributed by atoms with Gasteiger partial charge < -0.3 is 20.0 Å². The number of hydrogen-bond acceptors (Lipinski definition) is 4. The summed E-state index contributed by atoms with van der Waals surface area (Å²) in [5, 5.41) is 3.33. The van der Waals surface area contributed by atoms with Crippen LogP contribution in [0.25, 0.3) is 0 Å². The molecule has 0 aromatic carbocycles. The minimum absolute atomic E-state index is 0.0984. The number of rotatable bonds is 5. The first kappa shape index (κ1) is 15.0. The van der Waals surface area contributed by atoms with Gasteiger partial charge in [0.05, 0.1) is 6.10 Å². The Morgan fingerprint density at radius 3 is 2.84 bits per heavy atom. The van der Waals surface area contributed by atoms with Crippen molar-refractivity contribution < 1.29 is 18.9 Å². The summed E-state index contributed by atoms with van der Waals surface area (Å²) >= 11 is 0. The summed E-state index contributed by atoms with van der Waals surface area (Å²) in [6, 6.07) is 0.266. The molecule has 1 aliphatic carbocycles. The zero-order chi connectivity index (χ0) is 14.0. The Hall–Kier alpha value is -0.390. The average Bonchev–Trinajstić information content (AvgIpc) is 2.68. The van der Waals surface area contributed by atoms with Gasteiger partial charge in [0.15, 0.2) is 0 Å². The molecule has 3 atom stereocenters. The lowest BCUT2D eigenvalue weighted by molar-refractivity contribution is 0.0630. The zero-order valence-corrected chi connectivity index (χ0v) is 12.3. The Morgan fingerprint density at radius 1 is 1.47 bits per heavy atom. The summed E-state index contributed by atoms with van der Waals surface area (Å²) in [7, 11) is -0.376. The van der Waals surface area contributed by atoms with Crippen LogP contribution in [0.4, 0.5) is 0 Å². The van der Waals surface area contributed by atoms with E-state index in [9.17, 15) is 4.57 Å². The van der Waals surface area contributed by atoms with Crippen LogP contribution in [0.2, 0.25) is 0 Å². The number of fused-ring (bicyclic) bond motifs is 1. The predicted molar refractivity (Wildman–Crippen MR) is 72.4 cm³/mol. The van der Waals surface area contributed by atoms with Crippen molar-refractivity contribution >= 4 is 7.82 Å². The first-order valence-corrected chi connectivity index (χ1v) is 8.23. The molecule has 1 saturated carbocycles. The molecule has 3 unspecified atom stereocenters. The highest BCUT2D eigenvalue weighted by Crippen LogP contribution is 2.46. The summed E-state index contributed by atoms with van der Waals surface area (Å²) in [6.45, 7) is 0.930. The van der Waals surface area contributed by atoms with Crippen molar-refractivity contribution in [1.82, 2.24) is 10.2 Å². The van der Waals surface area contributed by atoms with Crippen molar-refractivity contribution in [3.63, 3.8) is 0 Å². The van der Waals surface area contributed by atoms with Crippen molar-refractivity contribution in [3.05, 3.63) is 11.8 Å². The monoisotopic (exact) mass is 290 g/mol. The second kappa shape index (κ2) is 5.94. The Morgan fingerprint density at radius 2 is 2.21 bits per heavy atom. The van der Waals surface area contributed by atoms with Crippen molar-refractivity contribution in [1.29, 1.82) is 0 Å². The molecule has 110 valence electrons. The molecule has 2 rings (SSSR count). The topological polar surface area (TPSA) is 82.0 Å². The Labute approximate surface area is 114 Å². The molecule has 1 fully saturated rings. The Balaban J connectivity index is 2.04. The van der Waals surface area contributed by atoms with E-state index in [0.717, 1.165) is 25.8 Å². The standard InChI is InChI=1S/C12H23N2O4P/c1-14(2)7-6-9-8-13-10-4-3-5-11(12(9)10)18-19(15,16)17/h8,10-13H,3-7H2,1-2H3,(H2,15,16,17). The molecule has 0 aromatic heterocycles. The molecule has 0 radical (unpaired) electrons. The number of nitrogens with one attached hydrogen (secondary N) is 1. The van der Waals surface area contributed by atoms with Gasteiger partial charge >= 0.3 is 7.82 Å². The molecule has 0 saturated heterocycles. The Kier molecular flexibility index (Phi) is 4.69. The van der Waals surface area contributed by atoms with Gasteiger partial charge in [-0.25, -0.2) is 4.57 Å². The highest BCUT2D eigenvalue weighted by molar-refractivity contribution is 7.46. The predicted octanol–water partition coefficient (Wildman–Crippen LogP) is 1.07. The van der Waals surface area contributed by atoms with Gasteiger partial charge in [-0.05, 0) is 51.6 Å². The Bertz CT molecular complexity index is 393. The van der Waals surface area contributed by atoms with Crippen molar-refractivity contribution in [2.45, 2.75) is 37.8 Å². The van der Waals surface area contributed by atoms with E-state index in [-0.39, 0.29) is 18.1 Å². The fourth-order valence-corrected chi connectivity index (χ4v) is 3.63. The van der Waals surface area contributed by atoms with Gasteiger partial charge in [-0.1, -0.05) is 0 Å². The van der Waals surface area contributed by atoms with E-state index >= 15 is 0 Å². The third-order valence-corrected chi connectivity index (χ3v) is 4.41. The summed E-state index contributed by atoms with van der Waals surface area (Å²) in [5.74, 6) is 0.0984. The fraction of sp³-hybridized carbons (Fsp3) is 0.833. The number of phosphoric acid groups is 1. The van der Waals surface area contributed by atoms with Crippen LogP contribution in [0, 0.1) is 5.92 Å². The van der Waals surface area contributed by atoms with Gasteiger partial charge in [-0.15, -0.1) is 0 Å². The maximum Gasteiger partial charge on any atom is 0.469 e. The van der Waals surface area contributed by atoms with E-state index in [1.54, 1.807) is 0 Å². The van der Waals surface area contributed by atoms with E-state index in [1.807, 2.05) is 20.3 Å². The van der Waals surface area contributed by atoms with E-state index in [2.05, 4.69) is 10.2 Å². The van der Waals surface area contributed by atoms with Crippen molar-refractivity contribution in [2.24, 2.45) is 5.92 Å². The zero-order valence-electron chi connectivity index (χ0n) is 11.5. The summed E-state index contributed by atoms with van der Waals surface area (Å²) < 4.78 is 16.1. The molecule has 0 bridgehead atoms. The van der Waals surface area contributed by atoms with Crippen LogP contribution in [-0.4, -0.2) is 47.5 Å². The second-order valence-corrected chi connectivity index (χ2v) is 6.83. The molecule has 19 heavy (non-hydrogen) atoms. The lowest BCUT2D eigenvalue weighted by atomic mass is 9.79. The van der Waals surface area contributed by atoms with E-state index < -0.39 is 7.82 Å². The van der Waals surface area contributed by atoms with Crippen LogP contribution in [0.5, 0.6) is 0 Å². The molecule has 3 N–H and O–H groups in total. The van der Waals surface area contributed by atoms with Gasteiger partial charge in [0, 0.05) is 18.5 Å². The highest BCUT2D eigenvalue weighted by atomic mass is 31.2. The maximum absolute atomic E-state index is 11.1. The van der Waals surface area contributed by atoms with Crippen molar-refractivity contribution in [2.75, 3.05) is 20.6 Å². The van der Waals surface area contributed by atoms with Crippen LogP contribution < -0.4 is 5.32 Å². The molecule has 1 heterocycles. The van der Waals surface area contributed by atoms with Crippen LogP contribution in [0.3, 0.4) is 0 Å². The lowest BCUT2D eigenvalue weighted by Crippen LogP contribution is -2.40. The number of nitrogens with zero attached hydrogens (tertiary/aromatic N) is 1. The van der Waals surface area contributed by atoms with Crippen molar-refractivity contribution in [3.8, 4) is 0 Å². The molecular weight excluding hydrogens is 267 g/mol. The van der Waals surface area contributed by atoms with Crippen LogP contribution in [0.1, 0.15) is 25.7 Å². The SMILES string of the molecule is CN(C)CCC1=CNC2CCCC(OP(=O)(O)O)C12. The third-order valence-electron chi connectivity index (χ3n) is 3.87. The first-order chi connectivity index (χ1) is 8.87. The van der Waals surface area contributed by atoms with Gasteiger partial charge in [-0.3, -0.25) is 4.52 Å². The van der Waals surface area contributed by atoms with Gasteiger partial charge in [-0.2, -0.15) is 0 Å². The van der Waals surface area contributed by atoms with Gasteiger partial charge in [0.25, 0.3) is 0 Å². The second-order valence-electron chi connectivity index (χ2n) is 5.64. The molecule has 2 aliphatic rings. The van der Waals surface area contributed by atoms with Crippen LogP contribution in [0.15, 0.2) is 11.8 Å². The summed E-state index contributed by atoms with van der Waals surface area (Å²) in [4.78, 5) is 20.2. The molecule has 7 heteroatoms. The molecule has 6 nitrogen and oxygen atoms in total. The summed E-state index contributed by atoms with van der Waals surface area (Å²) in [5.41, 5.74) is 1.22. The minimum atomic E-state index is -4.41. The molecule has 0 amide bonds. The van der Waals surface area contributed by atoms with E-state index in [1.165, 1.54) is 5.57 Å². The maximum atomic E-state index is 11.1. The van der Waals surface area contributed by atoms with Gasteiger partial charge in [0.2, 0.25) is 0 Å². The quantitative estimate of drug-likeness (QED) is 0.657. The fourth-order valence-electron chi connectivity index (χ4n) is 3.04. The third kappa shape index (κ3) is 4.04. The minimum Gasteiger partial charge on any atom is -0.387 e. The van der Waals surface area contributed by atoms with E-state index in [4.69, 9.17) is 14.3 Å². The van der Waals surface area contributed by atoms with Crippen LogP contribution >= 0.6 is 7.82 Å². The van der Waals surface area contributed by atoms with Crippen LogP contribution in [-0.2, 0) is 9.09 Å².